The zero-order valence-electron chi connectivity index (χ0n) is 17.1. The van der Waals surface area contributed by atoms with Gasteiger partial charge in [0, 0.05) is 6.54 Å². The lowest BCUT2D eigenvalue weighted by Crippen LogP contribution is -2.52. The largest absolute Gasteiger partial charge is 0.445 e. The predicted octanol–water partition coefficient (Wildman–Crippen LogP) is 5.18. The van der Waals surface area contributed by atoms with E-state index >= 15 is 0 Å². The first kappa shape index (κ1) is 20.4. The third kappa shape index (κ3) is 4.03. The summed E-state index contributed by atoms with van der Waals surface area (Å²) in [6, 6.07) is 10.7. The van der Waals surface area contributed by atoms with Crippen LogP contribution in [-0.2, 0) is 17.3 Å². The van der Waals surface area contributed by atoms with Crippen molar-refractivity contribution < 1.29 is 22.7 Å². The zero-order valence-corrected chi connectivity index (χ0v) is 17.1. The molecule has 2 aromatic rings. The van der Waals surface area contributed by atoms with E-state index in [0.717, 1.165) is 62.5 Å². The summed E-state index contributed by atoms with van der Waals surface area (Å²) in [4.78, 5) is 14.9. The monoisotopic (exact) mass is 430 g/mol. The highest BCUT2D eigenvalue weighted by atomic mass is 19.4. The second-order valence-electron chi connectivity index (χ2n) is 8.77. The van der Waals surface area contributed by atoms with Gasteiger partial charge in [-0.2, -0.15) is 13.2 Å². The van der Waals surface area contributed by atoms with Crippen LogP contribution in [-0.4, -0.2) is 36.7 Å². The smallest absolute Gasteiger partial charge is 0.417 e. The van der Waals surface area contributed by atoms with Crippen LogP contribution >= 0.6 is 0 Å². The minimum absolute atomic E-state index is 0.0756. The summed E-state index contributed by atoms with van der Waals surface area (Å²) in [6.45, 7) is 2.94. The predicted molar refractivity (Wildman–Crippen MR) is 111 cm³/mol. The Hall–Kier alpha value is -2.54. The minimum Gasteiger partial charge on any atom is -0.445 e. The number of alkyl carbamates (subject to hydrolysis) is 1. The maximum absolute atomic E-state index is 13.5. The van der Waals surface area contributed by atoms with Gasteiger partial charge in [-0.25, -0.2) is 4.79 Å². The van der Waals surface area contributed by atoms with E-state index < -0.39 is 17.8 Å². The molecule has 2 atom stereocenters. The summed E-state index contributed by atoms with van der Waals surface area (Å²) >= 11 is 0. The van der Waals surface area contributed by atoms with Gasteiger partial charge >= 0.3 is 12.3 Å². The van der Waals surface area contributed by atoms with Crippen molar-refractivity contribution in [2.75, 3.05) is 19.6 Å². The van der Waals surface area contributed by atoms with Crippen LogP contribution in [0.2, 0.25) is 0 Å². The van der Waals surface area contributed by atoms with Gasteiger partial charge in [0.1, 0.15) is 6.10 Å². The molecular formula is C24H25F3N2O2. The molecule has 2 bridgehead atoms. The number of fused-ring (bicyclic) bond motifs is 4. The number of carbonyl (C=O) groups excluding carboxylic acids is 1. The fraction of sp³-hybridized carbons (Fsp3) is 0.458. The molecule has 0 spiro atoms. The fourth-order valence-electron chi connectivity index (χ4n) is 5.26. The summed E-state index contributed by atoms with van der Waals surface area (Å²) in [6.07, 6.45) is -1.31. The van der Waals surface area contributed by atoms with Crippen LogP contribution in [0.25, 0.3) is 11.1 Å². The SMILES string of the molecule is O=C(NC1CCc2ccc(-c3ccccc3C(F)(F)F)cc21)O[C@H]1CN2CCC1CC2. The standard InChI is InChI=1S/C24H25F3N2O2/c25-24(26,27)20-4-2-1-3-18(20)17-6-5-15-7-8-21(19(15)13-17)28-23(30)31-22-14-29-11-9-16(22)10-12-29/h1-6,13,16,21-22H,7-12,14H2,(H,28,30)/t21?,22-/m0/s1. The van der Waals surface area contributed by atoms with Crippen molar-refractivity contribution in [1.82, 2.24) is 10.2 Å². The molecule has 1 amide bonds. The number of rotatable bonds is 3. The molecule has 3 aliphatic heterocycles. The number of amides is 1. The molecule has 0 aromatic heterocycles. The van der Waals surface area contributed by atoms with Gasteiger partial charge in [0.05, 0.1) is 11.6 Å². The van der Waals surface area contributed by atoms with E-state index in [1.54, 1.807) is 18.2 Å². The van der Waals surface area contributed by atoms with Gasteiger partial charge in [0.25, 0.3) is 0 Å². The Balaban J connectivity index is 1.33. The minimum atomic E-state index is -4.42. The third-order valence-corrected chi connectivity index (χ3v) is 6.91. The van der Waals surface area contributed by atoms with Crippen LogP contribution in [0.15, 0.2) is 42.5 Å². The van der Waals surface area contributed by atoms with E-state index in [-0.39, 0.29) is 17.7 Å². The molecule has 3 heterocycles. The molecule has 31 heavy (non-hydrogen) atoms. The normalized spacial score (nSPS) is 27.1. The first-order valence-electron chi connectivity index (χ1n) is 10.9. The lowest BCUT2D eigenvalue weighted by atomic mass is 9.86. The van der Waals surface area contributed by atoms with Crippen LogP contribution in [0.5, 0.6) is 0 Å². The van der Waals surface area contributed by atoms with Crippen LogP contribution in [0.3, 0.4) is 0 Å². The number of ether oxygens (including phenoxy) is 1. The average Bonchev–Trinajstić information content (AvgIpc) is 3.16. The van der Waals surface area contributed by atoms with E-state index in [4.69, 9.17) is 4.74 Å². The van der Waals surface area contributed by atoms with E-state index in [9.17, 15) is 18.0 Å². The Morgan fingerprint density at radius 1 is 1.06 bits per heavy atom. The second kappa shape index (κ2) is 7.86. The zero-order chi connectivity index (χ0) is 21.6. The summed E-state index contributed by atoms with van der Waals surface area (Å²) in [5.41, 5.74) is 1.94. The second-order valence-corrected chi connectivity index (χ2v) is 8.77. The topological polar surface area (TPSA) is 41.6 Å². The molecule has 6 rings (SSSR count). The number of aryl methyl sites for hydroxylation is 1. The van der Waals surface area contributed by atoms with E-state index in [1.807, 2.05) is 6.07 Å². The number of nitrogens with zero attached hydrogens (tertiary/aromatic N) is 1. The number of hydrogen-bond donors (Lipinski definition) is 1. The maximum Gasteiger partial charge on any atom is 0.417 e. The molecule has 3 saturated heterocycles. The van der Waals surface area contributed by atoms with Gasteiger partial charge in [0.2, 0.25) is 0 Å². The Morgan fingerprint density at radius 2 is 1.84 bits per heavy atom. The lowest BCUT2D eigenvalue weighted by Gasteiger charge is -2.43. The molecule has 2 aromatic carbocycles. The van der Waals surface area contributed by atoms with Gasteiger partial charge in [-0.1, -0.05) is 30.3 Å². The van der Waals surface area contributed by atoms with Crippen molar-refractivity contribution in [2.24, 2.45) is 5.92 Å². The van der Waals surface area contributed by atoms with Gasteiger partial charge < -0.3 is 10.1 Å². The molecule has 3 fully saturated rings. The highest BCUT2D eigenvalue weighted by Gasteiger charge is 2.37. The van der Waals surface area contributed by atoms with Gasteiger partial charge in [-0.3, -0.25) is 4.90 Å². The summed E-state index contributed by atoms with van der Waals surface area (Å²) < 4.78 is 46.1. The fourth-order valence-corrected chi connectivity index (χ4v) is 5.26. The Labute approximate surface area is 179 Å². The summed E-state index contributed by atoms with van der Waals surface area (Å²) in [5, 5.41) is 2.96. The van der Waals surface area contributed by atoms with Crippen LogP contribution in [0.1, 0.15) is 42.0 Å². The highest BCUT2D eigenvalue weighted by molar-refractivity contribution is 5.71. The number of piperidine rings is 3. The Bertz CT molecular complexity index is 983. The first-order chi connectivity index (χ1) is 14.9. The van der Waals surface area contributed by atoms with Crippen molar-refractivity contribution >= 4 is 6.09 Å². The number of alkyl halides is 3. The molecule has 7 heteroatoms. The molecule has 0 saturated carbocycles. The quantitative estimate of drug-likeness (QED) is 0.730. The summed E-state index contributed by atoms with van der Waals surface area (Å²) in [7, 11) is 0. The molecule has 4 aliphatic rings. The average molecular weight is 430 g/mol. The number of nitrogens with one attached hydrogen (secondary N) is 1. The third-order valence-electron chi connectivity index (χ3n) is 6.91. The molecule has 1 aliphatic carbocycles. The van der Waals surface area contributed by atoms with Crippen molar-refractivity contribution in [3.8, 4) is 11.1 Å². The lowest BCUT2D eigenvalue weighted by molar-refractivity contribution is -0.137. The van der Waals surface area contributed by atoms with Crippen LogP contribution in [0.4, 0.5) is 18.0 Å². The van der Waals surface area contributed by atoms with Crippen molar-refractivity contribution in [3.63, 3.8) is 0 Å². The Kier molecular flexibility index (Phi) is 5.16. The number of carbonyl (C=O) groups is 1. The van der Waals surface area contributed by atoms with Crippen molar-refractivity contribution in [3.05, 3.63) is 59.2 Å². The van der Waals surface area contributed by atoms with E-state index in [1.165, 1.54) is 12.1 Å². The van der Waals surface area contributed by atoms with Crippen LogP contribution < -0.4 is 5.32 Å². The first-order valence-corrected chi connectivity index (χ1v) is 10.9. The van der Waals surface area contributed by atoms with E-state index in [0.29, 0.717) is 11.5 Å². The number of halogens is 3. The number of benzene rings is 2. The molecule has 4 nitrogen and oxygen atoms in total. The van der Waals surface area contributed by atoms with Crippen molar-refractivity contribution in [1.29, 1.82) is 0 Å². The highest BCUT2D eigenvalue weighted by Crippen LogP contribution is 2.40. The molecular weight excluding hydrogens is 405 g/mol. The molecule has 164 valence electrons. The maximum atomic E-state index is 13.5. The molecule has 1 N–H and O–H groups in total. The van der Waals surface area contributed by atoms with E-state index in [2.05, 4.69) is 10.2 Å². The van der Waals surface area contributed by atoms with Crippen molar-refractivity contribution in [2.45, 2.75) is 44.0 Å². The number of hydrogen-bond acceptors (Lipinski definition) is 3. The Morgan fingerprint density at radius 3 is 2.55 bits per heavy atom. The summed E-state index contributed by atoms with van der Waals surface area (Å²) in [5.74, 6) is 0.428. The molecule has 1 unspecified atom stereocenters. The molecule has 0 radical (unpaired) electrons. The van der Waals surface area contributed by atoms with Gasteiger partial charge in [-0.05, 0) is 79.1 Å². The van der Waals surface area contributed by atoms with Gasteiger partial charge in [0.15, 0.2) is 0 Å². The van der Waals surface area contributed by atoms with Gasteiger partial charge in [-0.15, -0.1) is 0 Å². The van der Waals surface area contributed by atoms with Crippen LogP contribution in [0, 0.1) is 5.92 Å².